The summed E-state index contributed by atoms with van der Waals surface area (Å²) in [6.45, 7) is 1.02. The predicted molar refractivity (Wildman–Crippen MR) is 82.8 cm³/mol. The van der Waals surface area contributed by atoms with Crippen molar-refractivity contribution in [2.45, 2.75) is 37.8 Å². The lowest BCUT2D eigenvalue weighted by Crippen LogP contribution is -2.50. The van der Waals surface area contributed by atoms with Gasteiger partial charge in [-0.15, -0.1) is 0 Å². The van der Waals surface area contributed by atoms with Gasteiger partial charge in [-0.3, -0.25) is 9.59 Å². The maximum Gasteiger partial charge on any atom is 0.312 e. The van der Waals surface area contributed by atoms with E-state index in [0.717, 1.165) is 25.7 Å². The molecule has 1 atom stereocenters. The number of benzene rings is 1. The van der Waals surface area contributed by atoms with Crippen molar-refractivity contribution in [1.82, 2.24) is 10.2 Å². The summed E-state index contributed by atoms with van der Waals surface area (Å²) >= 11 is 6.09. The second-order valence-electron chi connectivity index (χ2n) is 5.81. The zero-order valence-electron chi connectivity index (χ0n) is 12.3. The molecule has 0 radical (unpaired) electrons. The van der Waals surface area contributed by atoms with Crippen molar-refractivity contribution >= 4 is 23.4 Å². The molecule has 1 saturated heterocycles. The lowest BCUT2D eigenvalue weighted by Gasteiger charge is -2.32. The number of carbonyl (C=O) groups is 2. The zero-order valence-corrected chi connectivity index (χ0v) is 13.0. The fourth-order valence-electron chi connectivity index (χ4n) is 2.56. The molecule has 1 saturated carbocycles. The summed E-state index contributed by atoms with van der Waals surface area (Å²) in [4.78, 5) is 25.6. The molecule has 2 fully saturated rings. The zero-order chi connectivity index (χ0) is 15.5. The van der Waals surface area contributed by atoms with Crippen molar-refractivity contribution in [3.8, 4) is 5.75 Å². The van der Waals surface area contributed by atoms with Gasteiger partial charge < -0.3 is 15.0 Å². The van der Waals surface area contributed by atoms with Crippen LogP contribution in [0.25, 0.3) is 0 Å². The van der Waals surface area contributed by atoms with Crippen molar-refractivity contribution in [1.29, 1.82) is 0 Å². The Balaban J connectivity index is 1.57. The quantitative estimate of drug-likeness (QED) is 0.866. The van der Waals surface area contributed by atoms with E-state index in [9.17, 15) is 9.59 Å². The van der Waals surface area contributed by atoms with Crippen molar-refractivity contribution in [2.75, 3.05) is 13.1 Å². The Bertz CT molecular complexity index is 574. The molecule has 0 aromatic heterocycles. The molecule has 5 nitrogen and oxygen atoms in total. The lowest BCUT2D eigenvalue weighted by molar-refractivity contribution is -0.147. The Morgan fingerprint density at radius 3 is 2.73 bits per heavy atom. The van der Waals surface area contributed by atoms with E-state index in [2.05, 4.69) is 5.32 Å². The first-order chi connectivity index (χ1) is 10.6. The van der Waals surface area contributed by atoms with Gasteiger partial charge in [-0.1, -0.05) is 23.7 Å². The molecule has 6 heteroatoms. The molecule has 2 aliphatic rings. The van der Waals surface area contributed by atoms with E-state index in [-0.39, 0.29) is 12.1 Å². The summed E-state index contributed by atoms with van der Waals surface area (Å²) in [6.07, 6.45) is 3.47. The number of piperidine rings is 1. The average molecular weight is 323 g/mol. The van der Waals surface area contributed by atoms with Gasteiger partial charge in [0.15, 0.2) is 0 Å². The van der Waals surface area contributed by atoms with Crippen LogP contribution in [0.5, 0.6) is 5.75 Å². The number of rotatable bonds is 3. The van der Waals surface area contributed by atoms with Gasteiger partial charge in [0.25, 0.3) is 0 Å². The van der Waals surface area contributed by atoms with Crippen molar-refractivity contribution in [3.05, 3.63) is 29.3 Å². The molecule has 0 spiro atoms. The van der Waals surface area contributed by atoms with Crippen LogP contribution in [0.15, 0.2) is 24.3 Å². The molecule has 1 aromatic carbocycles. The van der Waals surface area contributed by atoms with Gasteiger partial charge in [-0.25, -0.2) is 0 Å². The summed E-state index contributed by atoms with van der Waals surface area (Å²) < 4.78 is 5.88. The summed E-state index contributed by atoms with van der Waals surface area (Å²) in [6, 6.07) is 7.47. The predicted octanol–water partition coefficient (Wildman–Crippen LogP) is 1.99. The van der Waals surface area contributed by atoms with E-state index in [1.54, 1.807) is 11.0 Å². The van der Waals surface area contributed by atoms with E-state index in [4.69, 9.17) is 16.3 Å². The van der Waals surface area contributed by atoms with E-state index < -0.39 is 11.8 Å². The number of amides is 2. The summed E-state index contributed by atoms with van der Waals surface area (Å²) in [5, 5.41) is 3.29. The van der Waals surface area contributed by atoms with E-state index in [1.165, 1.54) is 0 Å². The van der Waals surface area contributed by atoms with Crippen LogP contribution in [0.4, 0.5) is 0 Å². The minimum absolute atomic E-state index is 0.133. The van der Waals surface area contributed by atoms with Gasteiger partial charge in [-0.2, -0.15) is 0 Å². The van der Waals surface area contributed by atoms with Gasteiger partial charge in [0.1, 0.15) is 11.9 Å². The number of hydrogen-bond acceptors (Lipinski definition) is 3. The second kappa shape index (κ2) is 6.57. The highest BCUT2D eigenvalue weighted by molar-refractivity contribution is 6.35. The second-order valence-corrected chi connectivity index (χ2v) is 6.22. The third kappa shape index (κ3) is 3.71. The molecule has 1 aromatic rings. The normalized spacial score (nSPS) is 21.3. The number of nitrogens with one attached hydrogen (secondary N) is 1. The minimum atomic E-state index is -0.499. The molecule has 1 aliphatic carbocycles. The fourth-order valence-corrected chi connectivity index (χ4v) is 2.74. The molecule has 1 aliphatic heterocycles. The summed E-state index contributed by atoms with van der Waals surface area (Å²) in [7, 11) is 0. The Kier molecular flexibility index (Phi) is 4.52. The van der Waals surface area contributed by atoms with Crippen LogP contribution in [0, 0.1) is 0 Å². The van der Waals surface area contributed by atoms with Crippen LogP contribution in [0.2, 0.25) is 5.02 Å². The van der Waals surface area contributed by atoms with Crippen LogP contribution in [0.3, 0.4) is 0 Å². The lowest BCUT2D eigenvalue weighted by atomic mass is 10.1. The molecule has 3 rings (SSSR count). The number of carbonyl (C=O) groups excluding carboxylic acids is 2. The van der Waals surface area contributed by atoms with Crippen LogP contribution in [0.1, 0.15) is 25.7 Å². The Morgan fingerprint density at radius 2 is 2.00 bits per heavy atom. The number of likely N-dealkylation sites (tertiary alicyclic amines) is 1. The molecular weight excluding hydrogens is 304 g/mol. The topological polar surface area (TPSA) is 58.6 Å². The monoisotopic (exact) mass is 322 g/mol. The Labute approximate surface area is 134 Å². The van der Waals surface area contributed by atoms with Gasteiger partial charge in [0.05, 0.1) is 11.6 Å². The third-order valence-corrected chi connectivity index (χ3v) is 4.21. The molecule has 22 heavy (non-hydrogen) atoms. The average Bonchev–Trinajstić information content (AvgIpc) is 3.33. The highest BCUT2D eigenvalue weighted by Gasteiger charge is 2.32. The SMILES string of the molecule is O=C(NC1CC1)C(=O)N1CCC[C@H](Oc2ccccc2Cl)C1. The highest BCUT2D eigenvalue weighted by atomic mass is 35.5. The minimum Gasteiger partial charge on any atom is -0.487 e. The van der Waals surface area contributed by atoms with Gasteiger partial charge >= 0.3 is 11.8 Å². The Morgan fingerprint density at radius 1 is 1.23 bits per heavy atom. The number of halogens is 1. The number of nitrogens with zero attached hydrogens (tertiary/aromatic N) is 1. The van der Waals surface area contributed by atoms with Gasteiger partial charge in [0.2, 0.25) is 0 Å². The number of hydrogen-bond donors (Lipinski definition) is 1. The fraction of sp³-hybridized carbons (Fsp3) is 0.500. The molecule has 1 N–H and O–H groups in total. The molecule has 1 heterocycles. The van der Waals surface area contributed by atoms with Gasteiger partial charge in [0, 0.05) is 12.6 Å². The van der Waals surface area contributed by atoms with Crippen molar-refractivity contribution < 1.29 is 14.3 Å². The maximum atomic E-state index is 12.2. The van der Waals surface area contributed by atoms with E-state index >= 15 is 0 Å². The number of ether oxygens (including phenoxy) is 1. The molecule has 118 valence electrons. The van der Waals surface area contributed by atoms with Crippen LogP contribution < -0.4 is 10.1 Å². The van der Waals surface area contributed by atoms with Crippen LogP contribution in [-0.2, 0) is 9.59 Å². The van der Waals surface area contributed by atoms with E-state index in [0.29, 0.717) is 23.9 Å². The molecule has 0 unspecified atom stereocenters. The van der Waals surface area contributed by atoms with Crippen LogP contribution >= 0.6 is 11.6 Å². The first kappa shape index (κ1) is 15.2. The van der Waals surface area contributed by atoms with Gasteiger partial charge in [-0.05, 0) is 37.8 Å². The Hall–Kier alpha value is -1.75. The third-order valence-electron chi connectivity index (χ3n) is 3.90. The summed E-state index contributed by atoms with van der Waals surface area (Å²) in [5.41, 5.74) is 0. The molecule has 2 amide bonds. The van der Waals surface area contributed by atoms with Crippen molar-refractivity contribution in [3.63, 3.8) is 0 Å². The maximum absolute atomic E-state index is 12.2. The summed E-state index contributed by atoms with van der Waals surface area (Å²) in [5.74, 6) is -0.342. The standard InChI is InChI=1S/C16H19ClN2O3/c17-13-5-1-2-6-14(13)22-12-4-3-9-19(10-12)16(21)15(20)18-11-7-8-11/h1-2,5-6,11-12H,3-4,7-10H2,(H,18,20)/t12-/m0/s1. The highest BCUT2D eigenvalue weighted by Crippen LogP contribution is 2.26. The first-order valence-corrected chi connectivity index (χ1v) is 8.02. The number of para-hydroxylation sites is 1. The molecular formula is C16H19ClN2O3. The smallest absolute Gasteiger partial charge is 0.312 e. The van der Waals surface area contributed by atoms with Crippen LogP contribution in [-0.4, -0.2) is 41.9 Å². The van der Waals surface area contributed by atoms with Crippen molar-refractivity contribution in [2.24, 2.45) is 0 Å². The first-order valence-electron chi connectivity index (χ1n) is 7.64. The molecule has 0 bridgehead atoms. The largest absolute Gasteiger partial charge is 0.487 e. The van der Waals surface area contributed by atoms with E-state index in [1.807, 2.05) is 18.2 Å².